The minimum Gasteiger partial charge on any atom is -0.497 e. The molecule has 1 aliphatic rings. The first-order chi connectivity index (χ1) is 8.80. The first-order valence-corrected chi connectivity index (χ1v) is 5.83. The lowest BCUT2D eigenvalue weighted by Gasteiger charge is -2.36. The van der Waals surface area contributed by atoms with Crippen LogP contribution in [0.2, 0.25) is 0 Å². The summed E-state index contributed by atoms with van der Waals surface area (Å²) in [5.41, 5.74) is 1.37. The summed E-state index contributed by atoms with van der Waals surface area (Å²) in [6.45, 7) is 1.73. The number of benzene rings is 1. The molecule has 0 spiro atoms. The van der Waals surface area contributed by atoms with Crippen LogP contribution < -0.4 is 9.64 Å². The zero-order chi connectivity index (χ0) is 13.0. The van der Waals surface area contributed by atoms with Crippen LogP contribution in [-0.4, -0.2) is 44.6 Å². The first-order valence-electron chi connectivity index (χ1n) is 5.83. The molecule has 1 N–H and O–H groups in total. The fourth-order valence-corrected chi connectivity index (χ4v) is 2.09. The Hall–Kier alpha value is -1.77. The second-order valence-corrected chi connectivity index (χ2v) is 4.10. The van der Waals surface area contributed by atoms with Crippen LogP contribution in [0.15, 0.2) is 18.2 Å². The van der Waals surface area contributed by atoms with Gasteiger partial charge in [0.1, 0.15) is 11.8 Å². The molecule has 0 bridgehead atoms. The molecule has 1 aromatic rings. The quantitative estimate of drug-likeness (QED) is 0.855. The van der Waals surface area contributed by atoms with Crippen LogP contribution in [-0.2, 0) is 4.74 Å². The zero-order valence-electron chi connectivity index (χ0n) is 10.3. The zero-order valence-corrected chi connectivity index (χ0v) is 10.3. The van der Waals surface area contributed by atoms with Gasteiger partial charge in [0, 0.05) is 12.6 Å². The third kappa shape index (κ3) is 2.40. The number of hydrogen-bond acceptors (Lipinski definition) is 5. The Labute approximate surface area is 106 Å². The van der Waals surface area contributed by atoms with Gasteiger partial charge in [-0.2, -0.15) is 5.26 Å². The Morgan fingerprint density at radius 3 is 3.11 bits per heavy atom. The Balaban J connectivity index is 2.38. The van der Waals surface area contributed by atoms with Crippen molar-refractivity contribution in [2.75, 3.05) is 38.4 Å². The molecule has 5 heteroatoms. The van der Waals surface area contributed by atoms with E-state index in [2.05, 4.69) is 6.07 Å². The van der Waals surface area contributed by atoms with E-state index in [-0.39, 0.29) is 12.6 Å². The smallest absolute Gasteiger partial charge is 0.121 e. The maximum Gasteiger partial charge on any atom is 0.121 e. The van der Waals surface area contributed by atoms with E-state index in [9.17, 15) is 5.11 Å². The van der Waals surface area contributed by atoms with Gasteiger partial charge in [-0.25, -0.2) is 0 Å². The van der Waals surface area contributed by atoms with E-state index in [1.165, 1.54) is 0 Å². The Bertz CT molecular complexity index is 456. The number of aliphatic hydroxyl groups excluding tert-OH is 1. The maximum absolute atomic E-state index is 9.38. The predicted octanol–water partition coefficient (Wildman–Crippen LogP) is 0.764. The van der Waals surface area contributed by atoms with Gasteiger partial charge in [0.2, 0.25) is 0 Å². The fraction of sp³-hybridized carbons (Fsp3) is 0.462. The summed E-state index contributed by atoms with van der Waals surface area (Å²) >= 11 is 0. The normalized spacial score (nSPS) is 19.4. The van der Waals surface area contributed by atoms with Crippen molar-refractivity contribution in [3.05, 3.63) is 23.8 Å². The van der Waals surface area contributed by atoms with Crippen molar-refractivity contribution in [2.45, 2.75) is 6.04 Å². The van der Waals surface area contributed by atoms with Gasteiger partial charge in [-0.1, -0.05) is 0 Å². The van der Waals surface area contributed by atoms with Gasteiger partial charge < -0.3 is 19.5 Å². The van der Waals surface area contributed by atoms with Gasteiger partial charge in [-0.15, -0.1) is 0 Å². The number of anilines is 1. The number of hydrogen-bond donors (Lipinski definition) is 1. The summed E-state index contributed by atoms with van der Waals surface area (Å²) in [6.07, 6.45) is 0. The molecule has 1 unspecified atom stereocenters. The van der Waals surface area contributed by atoms with E-state index >= 15 is 0 Å². The monoisotopic (exact) mass is 248 g/mol. The molecule has 18 heavy (non-hydrogen) atoms. The highest BCUT2D eigenvalue weighted by Crippen LogP contribution is 2.28. The molecule has 1 heterocycles. The summed E-state index contributed by atoms with van der Waals surface area (Å²) in [6, 6.07) is 7.38. The molecule has 0 aliphatic carbocycles. The van der Waals surface area contributed by atoms with Crippen LogP contribution >= 0.6 is 0 Å². The molecule has 1 fully saturated rings. The van der Waals surface area contributed by atoms with Gasteiger partial charge in [-0.3, -0.25) is 0 Å². The molecule has 1 atom stereocenters. The standard InChI is InChI=1S/C13H16N2O3/c1-17-12-3-2-10(7-14)13(6-12)15-4-5-18-9-11(15)8-16/h2-3,6,11,16H,4-5,8-9H2,1H3. The molecule has 2 rings (SSSR count). The van der Waals surface area contributed by atoms with E-state index in [1.54, 1.807) is 19.2 Å². The fourth-order valence-electron chi connectivity index (χ4n) is 2.09. The summed E-state index contributed by atoms with van der Waals surface area (Å²) in [4.78, 5) is 2.00. The van der Waals surface area contributed by atoms with Crippen LogP contribution in [0.3, 0.4) is 0 Å². The molecular formula is C13H16N2O3. The van der Waals surface area contributed by atoms with Crippen LogP contribution in [0.5, 0.6) is 5.75 Å². The van der Waals surface area contributed by atoms with Crippen LogP contribution in [0.4, 0.5) is 5.69 Å². The predicted molar refractivity (Wildman–Crippen MR) is 66.7 cm³/mol. The van der Waals surface area contributed by atoms with Crippen LogP contribution in [0.25, 0.3) is 0 Å². The van der Waals surface area contributed by atoms with Crippen molar-refractivity contribution in [3.8, 4) is 11.8 Å². The van der Waals surface area contributed by atoms with E-state index in [1.807, 2.05) is 11.0 Å². The minimum atomic E-state index is -0.113. The largest absolute Gasteiger partial charge is 0.497 e. The topological polar surface area (TPSA) is 65.7 Å². The van der Waals surface area contributed by atoms with Crippen LogP contribution in [0.1, 0.15) is 5.56 Å². The molecule has 1 aliphatic heterocycles. The second-order valence-electron chi connectivity index (χ2n) is 4.10. The van der Waals surface area contributed by atoms with Crippen molar-refractivity contribution in [2.24, 2.45) is 0 Å². The lowest BCUT2D eigenvalue weighted by Crippen LogP contribution is -2.48. The molecule has 0 saturated carbocycles. The summed E-state index contributed by atoms with van der Waals surface area (Å²) in [5, 5.41) is 18.5. The van der Waals surface area contributed by atoms with Gasteiger partial charge in [0.25, 0.3) is 0 Å². The lowest BCUT2D eigenvalue weighted by atomic mass is 10.1. The number of rotatable bonds is 3. The number of aliphatic hydroxyl groups is 1. The summed E-state index contributed by atoms with van der Waals surface area (Å²) in [7, 11) is 1.59. The highest BCUT2D eigenvalue weighted by Gasteiger charge is 2.24. The van der Waals surface area contributed by atoms with Gasteiger partial charge in [0.05, 0.1) is 44.2 Å². The molecule has 0 amide bonds. The Morgan fingerprint density at radius 2 is 2.44 bits per heavy atom. The average Bonchev–Trinajstić information content (AvgIpc) is 2.46. The van der Waals surface area contributed by atoms with Crippen molar-refractivity contribution >= 4 is 5.69 Å². The molecular weight excluding hydrogens is 232 g/mol. The molecule has 5 nitrogen and oxygen atoms in total. The number of morpholine rings is 1. The molecule has 1 saturated heterocycles. The third-order valence-electron chi connectivity index (χ3n) is 3.07. The Kier molecular flexibility index (Phi) is 4.03. The van der Waals surface area contributed by atoms with E-state index in [4.69, 9.17) is 14.7 Å². The third-order valence-corrected chi connectivity index (χ3v) is 3.07. The van der Waals surface area contributed by atoms with Crippen molar-refractivity contribution in [3.63, 3.8) is 0 Å². The van der Waals surface area contributed by atoms with E-state index < -0.39 is 0 Å². The lowest BCUT2D eigenvalue weighted by molar-refractivity contribution is 0.0726. The second kappa shape index (κ2) is 5.71. The molecule has 0 aromatic heterocycles. The van der Waals surface area contributed by atoms with Crippen molar-refractivity contribution in [1.82, 2.24) is 0 Å². The molecule has 96 valence electrons. The highest BCUT2D eigenvalue weighted by molar-refractivity contribution is 5.63. The van der Waals surface area contributed by atoms with Crippen molar-refractivity contribution in [1.29, 1.82) is 5.26 Å². The Morgan fingerprint density at radius 1 is 1.61 bits per heavy atom. The number of ether oxygens (including phenoxy) is 2. The van der Waals surface area contributed by atoms with E-state index in [0.717, 1.165) is 5.69 Å². The maximum atomic E-state index is 9.38. The average molecular weight is 248 g/mol. The van der Waals surface area contributed by atoms with Gasteiger partial charge >= 0.3 is 0 Å². The van der Waals surface area contributed by atoms with Gasteiger partial charge in [0.15, 0.2) is 0 Å². The summed E-state index contributed by atoms with van der Waals surface area (Å²) < 4.78 is 10.5. The van der Waals surface area contributed by atoms with Gasteiger partial charge in [-0.05, 0) is 12.1 Å². The van der Waals surface area contributed by atoms with Crippen molar-refractivity contribution < 1.29 is 14.6 Å². The number of nitrogens with zero attached hydrogens (tertiary/aromatic N) is 2. The highest BCUT2D eigenvalue weighted by atomic mass is 16.5. The first kappa shape index (κ1) is 12.7. The number of methoxy groups -OCH3 is 1. The summed E-state index contributed by atoms with van der Waals surface area (Å²) in [5.74, 6) is 0.701. The van der Waals surface area contributed by atoms with E-state index in [0.29, 0.717) is 31.1 Å². The molecule has 1 aromatic carbocycles. The number of nitriles is 1. The molecule has 0 radical (unpaired) electrons. The van der Waals surface area contributed by atoms with Crippen LogP contribution in [0, 0.1) is 11.3 Å². The minimum absolute atomic E-state index is 0.00206. The SMILES string of the molecule is COc1ccc(C#N)c(N2CCOCC2CO)c1.